The molecule has 1 rings (SSSR count). The molecule has 28 heavy (non-hydrogen) atoms. The number of ether oxygens (including phenoxy) is 1. The Bertz CT molecular complexity index is 788. The van der Waals surface area contributed by atoms with Crippen LogP contribution in [-0.2, 0) is 24.3 Å². The summed E-state index contributed by atoms with van der Waals surface area (Å²) in [5, 5.41) is 4.89. The monoisotopic (exact) mass is 413 g/mol. The van der Waals surface area contributed by atoms with E-state index in [0.29, 0.717) is 19.6 Å². The van der Waals surface area contributed by atoms with E-state index in [2.05, 4.69) is 10.6 Å². The van der Waals surface area contributed by atoms with Gasteiger partial charge in [0.2, 0.25) is 10.0 Å². The summed E-state index contributed by atoms with van der Waals surface area (Å²) >= 11 is 0. The summed E-state index contributed by atoms with van der Waals surface area (Å²) in [5.74, 6) is -1.74. The Kier molecular flexibility index (Phi) is 9.07. The van der Waals surface area contributed by atoms with Gasteiger partial charge in [-0.25, -0.2) is 8.42 Å². The van der Waals surface area contributed by atoms with Crippen LogP contribution in [0.4, 0.5) is 0 Å². The molecule has 156 valence electrons. The van der Waals surface area contributed by atoms with E-state index in [0.717, 1.165) is 0 Å². The molecular weight excluding hydrogens is 386 g/mol. The molecule has 2 amide bonds. The Balaban J connectivity index is 2.67. The highest BCUT2D eigenvalue weighted by Crippen LogP contribution is 2.16. The van der Waals surface area contributed by atoms with Gasteiger partial charge < -0.3 is 15.4 Å². The fourth-order valence-electron chi connectivity index (χ4n) is 2.36. The number of carbonyl (C=O) groups is 3. The molecule has 2 N–H and O–H groups in total. The van der Waals surface area contributed by atoms with Gasteiger partial charge in [0, 0.05) is 25.2 Å². The van der Waals surface area contributed by atoms with Crippen LogP contribution < -0.4 is 10.6 Å². The average molecular weight is 413 g/mol. The third-order valence-electron chi connectivity index (χ3n) is 3.88. The fraction of sp³-hybridized carbons (Fsp3) is 0.500. The first-order valence-corrected chi connectivity index (χ1v) is 10.5. The lowest BCUT2D eigenvalue weighted by Gasteiger charge is -2.18. The Morgan fingerprint density at radius 2 is 1.61 bits per heavy atom. The van der Waals surface area contributed by atoms with E-state index in [1.165, 1.54) is 35.5 Å². The van der Waals surface area contributed by atoms with E-state index < -0.39 is 40.5 Å². The van der Waals surface area contributed by atoms with Gasteiger partial charge in [-0.1, -0.05) is 13.8 Å². The van der Waals surface area contributed by atoms with Crippen LogP contribution in [-0.4, -0.2) is 62.8 Å². The molecule has 0 heterocycles. The van der Waals surface area contributed by atoms with Crippen molar-refractivity contribution in [2.45, 2.75) is 38.7 Å². The van der Waals surface area contributed by atoms with Crippen molar-refractivity contribution in [1.29, 1.82) is 0 Å². The molecule has 0 spiro atoms. The van der Waals surface area contributed by atoms with Crippen molar-refractivity contribution >= 4 is 27.8 Å². The normalized spacial score (nSPS) is 12.3. The molecule has 1 atom stereocenters. The van der Waals surface area contributed by atoms with E-state index in [4.69, 9.17) is 4.74 Å². The summed E-state index contributed by atoms with van der Waals surface area (Å²) < 4.78 is 31.1. The van der Waals surface area contributed by atoms with Crippen molar-refractivity contribution in [3.05, 3.63) is 29.8 Å². The summed E-state index contributed by atoms with van der Waals surface area (Å²) in [7, 11) is -3.61. The summed E-state index contributed by atoms with van der Waals surface area (Å²) in [6.45, 7) is 7.35. The number of hydrogen-bond acceptors (Lipinski definition) is 6. The van der Waals surface area contributed by atoms with Crippen LogP contribution in [0, 0.1) is 0 Å². The number of hydrogen-bond donors (Lipinski definition) is 2. The highest BCUT2D eigenvalue weighted by atomic mass is 32.2. The summed E-state index contributed by atoms with van der Waals surface area (Å²) in [6.07, 6.45) is -0.964. The van der Waals surface area contributed by atoms with E-state index in [1.807, 2.05) is 0 Å². The summed E-state index contributed by atoms with van der Waals surface area (Å²) in [5.41, 5.74) is 0.197. The molecule has 0 unspecified atom stereocenters. The molecule has 0 aliphatic rings. The Morgan fingerprint density at radius 3 is 2.11 bits per heavy atom. The van der Waals surface area contributed by atoms with E-state index in [9.17, 15) is 22.8 Å². The summed E-state index contributed by atoms with van der Waals surface area (Å²) in [4.78, 5) is 35.4. The molecule has 0 aliphatic heterocycles. The predicted molar refractivity (Wildman–Crippen MR) is 103 cm³/mol. The minimum atomic E-state index is -3.61. The molecule has 9 nitrogen and oxygen atoms in total. The van der Waals surface area contributed by atoms with Crippen molar-refractivity contribution in [2.75, 3.05) is 26.2 Å². The molecule has 0 saturated heterocycles. The van der Waals surface area contributed by atoms with Gasteiger partial charge in [-0.15, -0.1) is 0 Å². The zero-order valence-electron chi connectivity index (χ0n) is 16.5. The topological polar surface area (TPSA) is 122 Å². The number of rotatable bonds is 10. The van der Waals surface area contributed by atoms with Gasteiger partial charge in [0.05, 0.1) is 4.90 Å². The van der Waals surface area contributed by atoms with Crippen molar-refractivity contribution < 1.29 is 27.5 Å². The first-order valence-electron chi connectivity index (χ1n) is 9.02. The third-order valence-corrected chi connectivity index (χ3v) is 5.95. The van der Waals surface area contributed by atoms with E-state index >= 15 is 0 Å². The first-order chi connectivity index (χ1) is 13.2. The lowest BCUT2D eigenvalue weighted by atomic mass is 10.2. The third kappa shape index (κ3) is 6.31. The maximum atomic E-state index is 12.4. The number of likely N-dealkylation sites (N-methyl/N-ethyl adjacent to an activating group) is 1. The van der Waals surface area contributed by atoms with Crippen molar-refractivity contribution in [3.8, 4) is 0 Å². The first kappa shape index (κ1) is 23.6. The second-order valence-electron chi connectivity index (χ2n) is 5.82. The number of sulfonamides is 1. The maximum Gasteiger partial charge on any atom is 0.326 e. The highest BCUT2D eigenvalue weighted by Gasteiger charge is 2.22. The van der Waals surface area contributed by atoms with Crippen LogP contribution in [0.5, 0.6) is 0 Å². The fourth-order valence-corrected chi connectivity index (χ4v) is 3.81. The second-order valence-corrected chi connectivity index (χ2v) is 7.76. The number of carbonyl (C=O) groups excluding carboxylic acids is 3. The van der Waals surface area contributed by atoms with Gasteiger partial charge in [-0.2, -0.15) is 4.31 Å². The molecule has 0 radical (unpaired) electrons. The van der Waals surface area contributed by atoms with Crippen molar-refractivity contribution in [1.82, 2.24) is 14.9 Å². The SMILES string of the molecule is CCNC(=O)[C@@H](C)OC(=O)CNC(=O)c1ccc(S(=O)(=O)N(CC)CC)cc1. The number of nitrogens with one attached hydrogen (secondary N) is 2. The quantitative estimate of drug-likeness (QED) is 0.539. The van der Waals surface area contributed by atoms with Gasteiger partial charge in [0.25, 0.3) is 11.8 Å². The molecule has 0 saturated carbocycles. The molecule has 0 aliphatic carbocycles. The molecule has 0 aromatic heterocycles. The zero-order valence-corrected chi connectivity index (χ0v) is 17.3. The number of amides is 2. The second kappa shape index (κ2) is 10.8. The Labute approximate surface area is 165 Å². The van der Waals surface area contributed by atoms with Crippen LogP contribution >= 0.6 is 0 Å². The Hall–Kier alpha value is -2.46. The molecule has 0 bridgehead atoms. The number of esters is 1. The zero-order chi connectivity index (χ0) is 21.3. The molecular formula is C18H27N3O6S. The lowest BCUT2D eigenvalue weighted by Crippen LogP contribution is -2.38. The smallest absolute Gasteiger partial charge is 0.326 e. The van der Waals surface area contributed by atoms with Gasteiger partial charge in [0.1, 0.15) is 6.54 Å². The average Bonchev–Trinajstić information content (AvgIpc) is 2.67. The number of benzene rings is 1. The van der Waals surface area contributed by atoms with Gasteiger partial charge in [0.15, 0.2) is 6.10 Å². The van der Waals surface area contributed by atoms with Crippen LogP contribution in [0.15, 0.2) is 29.2 Å². The predicted octanol–water partition coefficient (Wildman–Crippen LogP) is 0.515. The van der Waals surface area contributed by atoms with Crippen LogP contribution in [0.1, 0.15) is 38.1 Å². The van der Waals surface area contributed by atoms with Crippen LogP contribution in [0.25, 0.3) is 0 Å². The largest absolute Gasteiger partial charge is 0.451 e. The maximum absolute atomic E-state index is 12.4. The minimum Gasteiger partial charge on any atom is -0.451 e. The minimum absolute atomic E-state index is 0.0860. The molecule has 10 heteroatoms. The molecule has 1 aromatic rings. The van der Waals surface area contributed by atoms with E-state index in [-0.39, 0.29) is 10.5 Å². The van der Waals surface area contributed by atoms with Gasteiger partial charge >= 0.3 is 5.97 Å². The lowest BCUT2D eigenvalue weighted by molar-refractivity contribution is -0.153. The standard InChI is InChI=1S/C18H27N3O6S/c1-5-19-17(23)13(4)27-16(22)12-20-18(24)14-8-10-15(11-9-14)28(25,26)21(6-2)7-3/h8-11,13H,5-7,12H2,1-4H3,(H,19,23)(H,20,24)/t13-/m1/s1. The van der Waals surface area contributed by atoms with Crippen molar-refractivity contribution in [3.63, 3.8) is 0 Å². The van der Waals surface area contributed by atoms with Crippen LogP contribution in [0.3, 0.4) is 0 Å². The van der Waals surface area contributed by atoms with Gasteiger partial charge in [-0.05, 0) is 38.1 Å². The van der Waals surface area contributed by atoms with E-state index in [1.54, 1.807) is 20.8 Å². The summed E-state index contributed by atoms with van der Waals surface area (Å²) in [6, 6.07) is 5.43. The highest BCUT2D eigenvalue weighted by molar-refractivity contribution is 7.89. The molecule has 1 aromatic carbocycles. The number of nitrogens with zero attached hydrogens (tertiary/aromatic N) is 1. The van der Waals surface area contributed by atoms with Crippen LogP contribution in [0.2, 0.25) is 0 Å². The van der Waals surface area contributed by atoms with Crippen molar-refractivity contribution in [2.24, 2.45) is 0 Å². The molecule has 0 fully saturated rings. The van der Waals surface area contributed by atoms with Gasteiger partial charge in [-0.3, -0.25) is 14.4 Å². The Morgan fingerprint density at radius 1 is 1.04 bits per heavy atom.